The lowest BCUT2D eigenvalue weighted by molar-refractivity contribution is 0.112. The molecule has 0 atom stereocenters. The fraction of sp³-hybridized carbons (Fsp3) is 0.167. The molecule has 130 valence electrons. The number of aromatic nitrogens is 1. The molecule has 1 aromatic heterocycles. The quantitative estimate of drug-likeness (QED) is 0.633. The fourth-order valence-corrected chi connectivity index (χ4v) is 3.95. The lowest BCUT2D eigenvalue weighted by atomic mass is 10.1. The fourth-order valence-electron chi connectivity index (χ4n) is 2.67. The molecule has 0 aliphatic rings. The number of nitrogens with zero attached hydrogens (tertiary/aromatic N) is 1. The number of aryl methyl sites for hydroxylation is 1. The zero-order valence-electron chi connectivity index (χ0n) is 13.8. The van der Waals surface area contributed by atoms with Gasteiger partial charge in [0.15, 0.2) is 6.29 Å². The van der Waals surface area contributed by atoms with Crippen LogP contribution in [-0.4, -0.2) is 25.9 Å². The monoisotopic (exact) mass is 420 g/mol. The van der Waals surface area contributed by atoms with Gasteiger partial charge in [0.25, 0.3) is 0 Å². The molecule has 3 rings (SSSR count). The first kappa shape index (κ1) is 17.7. The van der Waals surface area contributed by atoms with Crippen molar-refractivity contribution in [2.24, 2.45) is 0 Å². The van der Waals surface area contributed by atoms with Crippen LogP contribution >= 0.6 is 15.9 Å². The highest BCUT2D eigenvalue weighted by molar-refractivity contribution is 9.10. The summed E-state index contributed by atoms with van der Waals surface area (Å²) in [6.45, 7) is 2.19. The Morgan fingerprint density at radius 1 is 1.16 bits per heavy atom. The zero-order valence-corrected chi connectivity index (χ0v) is 16.2. The van der Waals surface area contributed by atoms with Crippen molar-refractivity contribution in [1.29, 1.82) is 0 Å². The molecule has 0 spiro atoms. The van der Waals surface area contributed by atoms with Crippen molar-refractivity contribution in [2.45, 2.75) is 13.5 Å². The predicted octanol–water partition coefficient (Wildman–Crippen LogP) is 4.02. The van der Waals surface area contributed by atoms with Gasteiger partial charge in [0.2, 0.25) is 10.0 Å². The number of H-pyrrole nitrogens is 1. The Hall–Kier alpha value is -2.12. The van der Waals surface area contributed by atoms with Gasteiger partial charge >= 0.3 is 0 Å². The lowest BCUT2D eigenvalue weighted by Crippen LogP contribution is -2.29. The van der Waals surface area contributed by atoms with Gasteiger partial charge in [-0.2, -0.15) is 0 Å². The molecular formula is C18H17BrN2O3S. The second-order valence-corrected chi connectivity index (χ2v) is 8.71. The number of aromatic amines is 1. The standard InChI is InChI=1S/C18H17BrN2O3S/c1-12-3-5-13(6-4-12)10-21(25(2,23)24)17-9-15-16(19)8-7-14(11-22)18(15)20-17/h3-9,11,20H,10H2,1-2H3. The molecule has 0 bridgehead atoms. The second-order valence-electron chi connectivity index (χ2n) is 5.95. The molecule has 0 saturated heterocycles. The van der Waals surface area contributed by atoms with E-state index < -0.39 is 10.0 Å². The summed E-state index contributed by atoms with van der Waals surface area (Å²) in [5.41, 5.74) is 3.08. The van der Waals surface area contributed by atoms with Crippen LogP contribution < -0.4 is 4.31 Å². The highest BCUT2D eigenvalue weighted by Gasteiger charge is 2.21. The van der Waals surface area contributed by atoms with Crippen molar-refractivity contribution >= 4 is 49.0 Å². The Morgan fingerprint density at radius 2 is 1.84 bits per heavy atom. The summed E-state index contributed by atoms with van der Waals surface area (Å²) < 4.78 is 26.8. The molecule has 0 amide bonds. The van der Waals surface area contributed by atoms with Crippen LogP contribution in [0.2, 0.25) is 0 Å². The minimum atomic E-state index is -3.51. The molecular weight excluding hydrogens is 404 g/mol. The van der Waals surface area contributed by atoms with Gasteiger partial charge in [0.1, 0.15) is 5.82 Å². The molecule has 25 heavy (non-hydrogen) atoms. The average Bonchev–Trinajstić information content (AvgIpc) is 2.99. The van der Waals surface area contributed by atoms with Gasteiger partial charge in [0, 0.05) is 15.4 Å². The molecule has 1 heterocycles. The number of anilines is 1. The molecule has 0 fully saturated rings. The van der Waals surface area contributed by atoms with E-state index in [1.54, 1.807) is 18.2 Å². The summed E-state index contributed by atoms with van der Waals surface area (Å²) in [5, 5.41) is 0.761. The third-order valence-electron chi connectivity index (χ3n) is 4.00. The summed E-state index contributed by atoms with van der Waals surface area (Å²) in [6.07, 6.45) is 1.92. The van der Waals surface area contributed by atoms with E-state index >= 15 is 0 Å². The van der Waals surface area contributed by atoms with Gasteiger partial charge in [0.05, 0.1) is 18.3 Å². The third-order valence-corrected chi connectivity index (χ3v) is 5.82. The van der Waals surface area contributed by atoms with Crippen LogP contribution in [0.5, 0.6) is 0 Å². The summed E-state index contributed by atoms with van der Waals surface area (Å²) in [6, 6.07) is 12.9. The van der Waals surface area contributed by atoms with E-state index in [4.69, 9.17) is 0 Å². The maximum atomic E-state index is 12.3. The van der Waals surface area contributed by atoms with Crippen molar-refractivity contribution in [2.75, 3.05) is 10.6 Å². The van der Waals surface area contributed by atoms with E-state index in [-0.39, 0.29) is 6.54 Å². The first-order chi connectivity index (χ1) is 11.8. The number of fused-ring (bicyclic) bond motifs is 1. The van der Waals surface area contributed by atoms with Crippen LogP contribution in [-0.2, 0) is 16.6 Å². The van der Waals surface area contributed by atoms with E-state index in [2.05, 4.69) is 20.9 Å². The van der Waals surface area contributed by atoms with Gasteiger partial charge in [-0.15, -0.1) is 0 Å². The third kappa shape index (κ3) is 3.62. The smallest absolute Gasteiger partial charge is 0.233 e. The highest BCUT2D eigenvalue weighted by Crippen LogP contribution is 2.31. The first-order valence-corrected chi connectivity index (χ1v) is 10.2. The molecule has 1 N–H and O–H groups in total. The number of halogens is 1. The van der Waals surface area contributed by atoms with Gasteiger partial charge in [-0.05, 0) is 30.7 Å². The maximum absolute atomic E-state index is 12.3. The predicted molar refractivity (Wildman–Crippen MR) is 104 cm³/mol. The SMILES string of the molecule is Cc1ccc(CN(c2cc3c(Br)ccc(C=O)c3[nH]2)S(C)(=O)=O)cc1. The van der Waals surface area contributed by atoms with Crippen molar-refractivity contribution in [1.82, 2.24) is 4.98 Å². The Labute approximate surface area is 154 Å². The summed E-state index contributed by atoms with van der Waals surface area (Å²) in [7, 11) is -3.51. The Bertz CT molecular complexity index is 1040. The molecule has 0 unspecified atom stereocenters. The molecule has 0 radical (unpaired) electrons. The van der Waals surface area contributed by atoms with Gasteiger partial charge in [-0.1, -0.05) is 45.8 Å². The van der Waals surface area contributed by atoms with Gasteiger partial charge in [-0.25, -0.2) is 8.42 Å². The molecule has 3 aromatic rings. The Morgan fingerprint density at radius 3 is 2.44 bits per heavy atom. The summed E-state index contributed by atoms with van der Waals surface area (Å²) in [5.74, 6) is 0.424. The molecule has 5 nitrogen and oxygen atoms in total. The van der Waals surface area contributed by atoms with E-state index in [1.807, 2.05) is 31.2 Å². The first-order valence-electron chi connectivity index (χ1n) is 7.59. The molecule has 0 aliphatic carbocycles. The number of hydrogen-bond acceptors (Lipinski definition) is 3. The van der Waals surface area contributed by atoms with Crippen LogP contribution in [0.25, 0.3) is 10.9 Å². The van der Waals surface area contributed by atoms with Crippen LogP contribution in [0.1, 0.15) is 21.5 Å². The number of carbonyl (C=O) groups is 1. The molecule has 2 aromatic carbocycles. The molecule has 0 saturated carbocycles. The lowest BCUT2D eigenvalue weighted by Gasteiger charge is -2.20. The minimum absolute atomic E-state index is 0.208. The Balaban J connectivity index is 2.11. The second kappa shape index (κ2) is 6.65. The number of carbonyl (C=O) groups excluding carboxylic acids is 1. The van der Waals surface area contributed by atoms with Crippen molar-refractivity contribution < 1.29 is 13.2 Å². The van der Waals surface area contributed by atoms with Crippen molar-refractivity contribution in [3.05, 3.63) is 63.6 Å². The average molecular weight is 421 g/mol. The zero-order chi connectivity index (χ0) is 18.2. The topological polar surface area (TPSA) is 70.2 Å². The number of sulfonamides is 1. The van der Waals surface area contributed by atoms with Crippen LogP contribution in [0.3, 0.4) is 0 Å². The summed E-state index contributed by atoms with van der Waals surface area (Å²) >= 11 is 3.44. The van der Waals surface area contributed by atoms with E-state index in [0.717, 1.165) is 27.3 Å². The number of aldehydes is 1. The normalized spacial score (nSPS) is 11.6. The minimum Gasteiger partial charge on any atom is -0.340 e. The van der Waals surface area contributed by atoms with Crippen molar-refractivity contribution in [3.8, 4) is 0 Å². The number of nitrogens with one attached hydrogen (secondary N) is 1. The largest absolute Gasteiger partial charge is 0.340 e. The van der Waals surface area contributed by atoms with E-state index in [1.165, 1.54) is 10.6 Å². The van der Waals surface area contributed by atoms with Crippen LogP contribution in [0.15, 0.2) is 46.9 Å². The van der Waals surface area contributed by atoms with Crippen LogP contribution in [0, 0.1) is 6.92 Å². The number of benzene rings is 2. The Kier molecular flexibility index (Phi) is 4.71. The highest BCUT2D eigenvalue weighted by atomic mass is 79.9. The molecule has 0 aliphatic heterocycles. The van der Waals surface area contributed by atoms with E-state index in [0.29, 0.717) is 16.9 Å². The van der Waals surface area contributed by atoms with Gasteiger partial charge < -0.3 is 4.98 Å². The number of hydrogen-bond donors (Lipinski definition) is 1. The maximum Gasteiger partial charge on any atom is 0.233 e. The van der Waals surface area contributed by atoms with Crippen molar-refractivity contribution in [3.63, 3.8) is 0 Å². The molecule has 7 heteroatoms. The van der Waals surface area contributed by atoms with E-state index in [9.17, 15) is 13.2 Å². The van der Waals surface area contributed by atoms with Crippen LogP contribution in [0.4, 0.5) is 5.82 Å². The summed E-state index contributed by atoms with van der Waals surface area (Å²) in [4.78, 5) is 14.3. The number of rotatable bonds is 5. The van der Waals surface area contributed by atoms with Gasteiger partial charge in [-0.3, -0.25) is 9.10 Å².